The predicted molar refractivity (Wildman–Crippen MR) is 59.0 cm³/mol. The van der Waals surface area contributed by atoms with E-state index >= 15 is 0 Å². The summed E-state index contributed by atoms with van der Waals surface area (Å²) in [5.74, 6) is 0.133. The fourth-order valence-corrected chi connectivity index (χ4v) is 2.79. The van der Waals surface area contributed by atoms with Crippen LogP contribution in [-0.2, 0) is 0 Å². The summed E-state index contributed by atoms with van der Waals surface area (Å²) in [6, 6.07) is 3.62. The van der Waals surface area contributed by atoms with Crippen molar-refractivity contribution < 1.29 is 4.39 Å². The Bertz CT molecular complexity index is 408. The molecular weight excluding hydrogens is 215 g/mol. The van der Waals surface area contributed by atoms with E-state index in [1.54, 1.807) is 0 Å². The van der Waals surface area contributed by atoms with Gasteiger partial charge in [-0.2, -0.15) is 0 Å². The van der Waals surface area contributed by atoms with Gasteiger partial charge < -0.3 is 10.6 Å². The molecule has 3 rings (SSSR count). The van der Waals surface area contributed by atoms with E-state index in [-0.39, 0.29) is 5.82 Å². The summed E-state index contributed by atoms with van der Waals surface area (Å²) in [5, 5.41) is 7.07. The molecule has 80 valence electrons. The second-order valence-corrected chi connectivity index (χ2v) is 4.64. The van der Waals surface area contributed by atoms with Crippen molar-refractivity contribution in [1.29, 1.82) is 0 Å². The van der Waals surface area contributed by atoms with Crippen LogP contribution in [0.2, 0.25) is 5.02 Å². The summed E-state index contributed by atoms with van der Waals surface area (Å²) in [5.41, 5.74) is 1.68. The first-order valence-electron chi connectivity index (χ1n) is 5.22. The fourth-order valence-electron chi connectivity index (χ4n) is 2.58. The molecule has 15 heavy (non-hydrogen) atoms. The highest BCUT2D eigenvalue weighted by molar-refractivity contribution is 6.30. The molecule has 1 fully saturated rings. The minimum absolute atomic E-state index is 0.230. The van der Waals surface area contributed by atoms with E-state index in [0.717, 1.165) is 25.1 Å². The highest BCUT2D eigenvalue weighted by Gasteiger charge is 2.35. The third kappa shape index (κ3) is 1.42. The van der Waals surface area contributed by atoms with Gasteiger partial charge >= 0.3 is 0 Å². The number of halogens is 2. The van der Waals surface area contributed by atoms with E-state index in [4.69, 9.17) is 11.6 Å². The Morgan fingerprint density at radius 3 is 3.13 bits per heavy atom. The van der Waals surface area contributed by atoms with Gasteiger partial charge in [-0.1, -0.05) is 11.6 Å². The summed E-state index contributed by atoms with van der Waals surface area (Å²) in [6.45, 7) is 1.90. The van der Waals surface area contributed by atoms with E-state index in [2.05, 4.69) is 10.6 Å². The number of hydrogen-bond donors (Lipinski definition) is 2. The first-order valence-corrected chi connectivity index (χ1v) is 5.59. The quantitative estimate of drug-likeness (QED) is 0.710. The lowest BCUT2D eigenvalue weighted by Gasteiger charge is -2.26. The molecule has 2 N–H and O–H groups in total. The van der Waals surface area contributed by atoms with Gasteiger partial charge in [0.05, 0.1) is 5.69 Å². The first-order chi connectivity index (χ1) is 7.25. The smallest absolute Gasteiger partial charge is 0.148 e. The average molecular weight is 227 g/mol. The van der Waals surface area contributed by atoms with Crippen LogP contribution in [0.15, 0.2) is 12.1 Å². The van der Waals surface area contributed by atoms with E-state index in [1.165, 1.54) is 6.07 Å². The molecule has 2 heterocycles. The van der Waals surface area contributed by atoms with Crippen molar-refractivity contribution in [2.24, 2.45) is 0 Å². The molecule has 0 saturated carbocycles. The van der Waals surface area contributed by atoms with Gasteiger partial charge in [0.1, 0.15) is 5.82 Å². The Hall–Kier alpha value is -0.800. The molecule has 1 aromatic rings. The Morgan fingerprint density at radius 1 is 1.40 bits per heavy atom. The second-order valence-electron chi connectivity index (χ2n) is 4.20. The van der Waals surface area contributed by atoms with Gasteiger partial charge in [-0.25, -0.2) is 4.39 Å². The summed E-state index contributed by atoms with van der Waals surface area (Å²) >= 11 is 5.87. The molecule has 0 aromatic heterocycles. The van der Waals surface area contributed by atoms with Crippen molar-refractivity contribution in [2.75, 3.05) is 18.4 Å². The van der Waals surface area contributed by atoms with Crippen molar-refractivity contribution in [3.63, 3.8) is 0 Å². The zero-order chi connectivity index (χ0) is 10.4. The molecular formula is C11H12ClFN2. The highest BCUT2D eigenvalue weighted by Crippen LogP contribution is 2.41. The molecule has 1 aromatic carbocycles. The largest absolute Gasteiger partial charge is 0.379 e. The van der Waals surface area contributed by atoms with Gasteiger partial charge in [0.2, 0.25) is 0 Å². The van der Waals surface area contributed by atoms with Crippen LogP contribution in [0.5, 0.6) is 0 Å². The van der Waals surface area contributed by atoms with Crippen LogP contribution in [-0.4, -0.2) is 19.1 Å². The lowest BCUT2D eigenvalue weighted by Crippen LogP contribution is -2.38. The van der Waals surface area contributed by atoms with Crippen LogP contribution in [0.1, 0.15) is 17.9 Å². The zero-order valence-corrected chi connectivity index (χ0v) is 8.94. The zero-order valence-electron chi connectivity index (χ0n) is 8.19. The van der Waals surface area contributed by atoms with Crippen molar-refractivity contribution in [3.05, 3.63) is 28.5 Å². The number of benzene rings is 1. The molecule has 0 radical (unpaired) electrons. The van der Waals surface area contributed by atoms with Gasteiger partial charge in [0.25, 0.3) is 0 Å². The maximum Gasteiger partial charge on any atom is 0.148 e. The number of anilines is 1. The molecule has 0 bridgehead atoms. The second kappa shape index (κ2) is 3.35. The molecule has 0 spiro atoms. The molecule has 1 saturated heterocycles. The summed E-state index contributed by atoms with van der Waals surface area (Å²) in [7, 11) is 0. The Balaban J connectivity index is 2.08. The normalized spacial score (nSPS) is 28.1. The van der Waals surface area contributed by atoms with Gasteiger partial charge in [-0.3, -0.25) is 0 Å². The van der Waals surface area contributed by atoms with Crippen LogP contribution < -0.4 is 10.6 Å². The number of nitrogens with one attached hydrogen (secondary N) is 2. The van der Waals surface area contributed by atoms with E-state index in [1.807, 2.05) is 6.07 Å². The lowest BCUT2D eigenvalue weighted by atomic mass is 9.90. The number of rotatable bonds is 0. The lowest BCUT2D eigenvalue weighted by molar-refractivity contribution is 0.440. The summed E-state index contributed by atoms with van der Waals surface area (Å²) < 4.78 is 13.6. The highest BCUT2D eigenvalue weighted by atomic mass is 35.5. The van der Waals surface area contributed by atoms with Crippen molar-refractivity contribution in [3.8, 4) is 0 Å². The Morgan fingerprint density at radius 2 is 2.27 bits per heavy atom. The van der Waals surface area contributed by atoms with Crippen molar-refractivity contribution in [1.82, 2.24) is 5.32 Å². The molecule has 0 amide bonds. The molecule has 2 nitrogen and oxygen atoms in total. The minimum Gasteiger partial charge on any atom is -0.379 e. The maximum atomic E-state index is 13.6. The number of piperidine rings is 1. The van der Waals surface area contributed by atoms with Crippen LogP contribution in [0.3, 0.4) is 0 Å². The van der Waals surface area contributed by atoms with Crippen LogP contribution in [0.4, 0.5) is 10.1 Å². The average Bonchev–Trinajstić information content (AvgIpc) is 2.57. The predicted octanol–water partition coefficient (Wildman–Crippen LogP) is 2.35. The molecule has 2 aliphatic heterocycles. The SMILES string of the molecule is Fc1cc(Cl)cc2c1NC1CCNCC21. The molecule has 2 unspecified atom stereocenters. The number of fused-ring (bicyclic) bond motifs is 3. The maximum absolute atomic E-state index is 13.6. The van der Waals surface area contributed by atoms with Gasteiger partial charge in [0.15, 0.2) is 0 Å². The first kappa shape index (κ1) is 9.43. The summed E-state index contributed by atoms with van der Waals surface area (Å²) in [6.07, 6.45) is 1.04. The van der Waals surface area contributed by atoms with Gasteiger partial charge in [-0.05, 0) is 30.7 Å². The van der Waals surface area contributed by atoms with Crippen LogP contribution in [0.25, 0.3) is 0 Å². The van der Waals surface area contributed by atoms with E-state index in [9.17, 15) is 4.39 Å². The van der Waals surface area contributed by atoms with E-state index in [0.29, 0.717) is 22.7 Å². The van der Waals surface area contributed by atoms with Crippen LogP contribution >= 0.6 is 11.6 Å². The molecule has 0 aliphatic carbocycles. The summed E-state index contributed by atoms with van der Waals surface area (Å²) in [4.78, 5) is 0. The molecule has 4 heteroatoms. The van der Waals surface area contributed by atoms with Gasteiger partial charge in [-0.15, -0.1) is 0 Å². The third-order valence-corrected chi connectivity index (χ3v) is 3.51. The standard InChI is InChI=1S/C11H12ClFN2/c12-6-3-7-8-5-14-2-1-10(8)15-11(7)9(13)4-6/h3-4,8,10,14-15H,1-2,5H2. The topological polar surface area (TPSA) is 24.1 Å². The van der Waals surface area contributed by atoms with Crippen molar-refractivity contribution in [2.45, 2.75) is 18.4 Å². The number of hydrogen-bond acceptors (Lipinski definition) is 2. The molecule has 2 aliphatic rings. The molecule has 2 atom stereocenters. The Kier molecular flexibility index (Phi) is 2.11. The minimum atomic E-state index is -0.230. The van der Waals surface area contributed by atoms with Crippen LogP contribution in [0, 0.1) is 5.82 Å². The Labute approximate surface area is 92.8 Å². The monoisotopic (exact) mass is 226 g/mol. The van der Waals surface area contributed by atoms with E-state index < -0.39 is 0 Å². The van der Waals surface area contributed by atoms with Crippen molar-refractivity contribution >= 4 is 17.3 Å². The fraction of sp³-hybridized carbons (Fsp3) is 0.455. The van der Waals surface area contributed by atoms with Gasteiger partial charge in [0, 0.05) is 23.5 Å². The third-order valence-electron chi connectivity index (χ3n) is 3.30.